The van der Waals surface area contributed by atoms with Crippen molar-refractivity contribution in [1.29, 1.82) is 0 Å². The van der Waals surface area contributed by atoms with Gasteiger partial charge in [0.15, 0.2) is 5.13 Å². The fraction of sp³-hybridized carbons (Fsp3) is 0.120. The second-order valence-electron chi connectivity index (χ2n) is 8.09. The topological polar surface area (TPSA) is 118 Å². The number of anilines is 3. The maximum absolute atomic E-state index is 13.3. The van der Waals surface area contributed by atoms with Crippen LogP contribution in [0.4, 0.5) is 22.3 Å². The van der Waals surface area contributed by atoms with Crippen LogP contribution in [-0.2, 0) is 10.0 Å². The van der Waals surface area contributed by atoms with E-state index in [1.54, 1.807) is 29.2 Å². The van der Waals surface area contributed by atoms with Crippen molar-refractivity contribution in [3.8, 4) is 11.1 Å². The molecule has 0 radical (unpaired) electrons. The molecule has 4 aromatic rings. The van der Waals surface area contributed by atoms with Gasteiger partial charge in [-0.05, 0) is 36.8 Å². The Morgan fingerprint density at radius 2 is 1.61 bits per heavy atom. The second-order valence-corrected chi connectivity index (χ2v) is 10.7. The van der Waals surface area contributed by atoms with Gasteiger partial charge in [0.1, 0.15) is 10.5 Å². The summed E-state index contributed by atoms with van der Waals surface area (Å²) in [5.41, 5.74) is 2.81. The number of hydrogen-bond acceptors (Lipinski definition) is 8. The molecule has 0 saturated carbocycles. The third kappa shape index (κ3) is 5.58. The van der Waals surface area contributed by atoms with Crippen molar-refractivity contribution in [2.75, 3.05) is 24.3 Å². The van der Waals surface area contributed by atoms with E-state index in [1.165, 1.54) is 24.3 Å². The molecular formula is C25H23N5O4S2. The van der Waals surface area contributed by atoms with Crippen molar-refractivity contribution in [2.45, 2.75) is 11.8 Å². The lowest BCUT2D eigenvalue weighted by molar-refractivity contribution is -0.384. The minimum atomic E-state index is -4.02. The van der Waals surface area contributed by atoms with Crippen LogP contribution in [0.5, 0.6) is 0 Å². The van der Waals surface area contributed by atoms with E-state index in [0.717, 1.165) is 22.5 Å². The maximum atomic E-state index is 13.3. The lowest BCUT2D eigenvalue weighted by atomic mass is 10.1. The summed E-state index contributed by atoms with van der Waals surface area (Å²) in [4.78, 5) is 17.1. The van der Waals surface area contributed by atoms with Crippen LogP contribution in [0.2, 0.25) is 0 Å². The zero-order valence-electron chi connectivity index (χ0n) is 19.7. The molecule has 3 aromatic carbocycles. The first-order valence-corrected chi connectivity index (χ1v) is 13.1. The molecule has 0 amide bonds. The lowest BCUT2D eigenvalue weighted by Crippen LogP contribution is -2.19. The third-order valence-corrected chi connectivity index (χ3v) is 7.46. The van der Waals surface area contributed by atoms with Gasteiger partial charge >= 0.3 is 0 Å². The highest BCUT2D eigenvalue weighted by molar-refractivity contribution is 7.90. The Kier molecular flexibility index (Phi) is 7.13. The molecule has 1 aromatic heterocycles. The van der Waals surface area contributed by atoms with E-state index in [4.69, 9.17) is 4.98 Å². The monoisotopic (exact) mass is 521 g/mol. The number of rotatable bonds is 7. The van der Waals surface area contributed by atoms with Gasteiger partial charge in [-0.15, -0.1) is 4.40 Å². The van der Waals surface area contributed by atoms with E-state index in [9.17, 15) is 18.5 Å². The van der Waals surface area contributed by atoms with Crippen LogP contribution in [0.25, 0.3) is 11.1 Å². The van der Waals surface area contributed by atoms with Crippen LogP contribution in [0, 0.1) is 17.0 Å². The van der Waals surface area contributed by atoms with Crippen molar-refractivity contribution in [3.05, 3.63) is 99.2 Å². The lowest BCUT2D eigenvalue weighted by Gasteiger charge is -2.18. The number of nitrogens with one attached hydrogen (secondary N) is 1. The Bertz CT molecular complexity index is 1570. The summed E-state index contributed by atoms with van der Waals surface area (Å²) in [6.45, 7) is 1.88. The molecule has 1 heterocycles. The van der Waals surface area contributed by atoms with E-state index in [2.05, 4.69) is 9.71 Å². The van der Waals surface area contributed by atoms with Crippen LogP contribution in [0.15, 0.2) is 88.2 Å². The van der Waals surface area contributed by atoms with E-state index in [0.29, 0.717) is 22.2 Å². The number of nitro benzene ring substituents is 1. The molecule has 1 N–H and O–H groups in total. The largest absolute Gasteiger partial charge is 0.362 e. The summed E-state index contributed by atoms with van der Waals surface area (Å²) in [5.74, 6) is 0.516. The average molecular weight is 522 g/mol. The fourth-order valence-corrected chi connectivity index (χ4v) is 5.51. The summed E-state index contributed by atoms with van der Waals surface area (Å²) >= 11 is 1.08. The molecule has 11 heteroatoms. The predicted molar refractivity (Wildman–Crippen MR) is 142 cm³/mol. The zero-order valence-corrected chi connectivity index (χ0v) is 21.4. The summed E-state index contributed by atoms with van der Waals surface area (Å²) in [6, 6.07) is 21.7. The summed E-state index contributed by atoms with van der Waals surface area (Å²) in [5, 5.41) is 14.5. The minimum absolute atomic E-state index is 0.0366. The molecule has 0 atom stereocenters. The van der Waals surface area contributed by atoms with Crippen LogP contribution < -0.4 is 14.9 Å². The SMILES string of the molecule is Cc1ccc(S(=O)(=O)/N=c2\sc(Nc3ccc([N+](=O)[O-])cc3)nc(N(C)C)c2-c2ccccc2)cc1. The molecular weight excluding hydrogens is 498 g/mol. The summed E-state index contributed by atoms with van der Waals surface area (Å²) < 4.78 is 31.0. The highest BCUT2D eigenvalue weighted by Crippen LogP contribution is 2.30. The fourth-order valence-electron chi connectivity index (χ4n) is 3.37. The molecule has 9 nitrogen and oxygen atoms in total. The molecule has 0 aliphatic rings. The quantitative estimate of drug-likeness (QED) is 0.265. The summed E-state index contributed by atoms with van der Waals surface area (Å²) in [6.07, 6.45) is 0. The molecule has 0 saturated heterocycles. The molecule has 0 aliphatic heterocycles. The second kappa shape index (κ2) is 10.3. The van der Waals surface area contributed by atoms with Gasteiger partial charge in [-0.1, -0.05) is 59.4 Å². The molecule has 0 aliphatic carbocycles. The number of aromatic nitrogens is 1. The molecule has 0 fully saturated rings. The first-order chi connectivity index (χ1) is 17.1. The Morgan fingerprint density at radius 3 is 2.19 bits per heavy atom. The maximum Gasteiger partial charge on any atom is 0.283 e. The standard InChI is InChI=1S/C25H23N5O4S2/c1-17-9-15-21(16-10-17)36(33,34)28-24-22(18-7-5-4-6-8-18)23(29(2)3)27-25(35-24)26-19-11-13-20(14-12-19)30(31)32/h4-16H,1-3H3,(H,26,27)/b28-24-. The number of non-ortho nitro benzene ring substituents is 1. The number of sulfonamides is 1. The van der Waals surface area contributed by atoms with Crippen LogP contribution in [0.1, 0.15) is 5.56 Å². The Hall–Kier alpha value is -4.09. The van der Waals surface area contributed by atoms with E-state index >= 15 is 0 Å². The zero-order chi connectivity index (χ0) is 25.9. The first kappa shape index (κ1) is 25.0. The smallest absolute Gasteiger partial charge is 0.283 e. The molecule has 4 rings (SSSR count). The number of nitrogens with zero attached hydrogens (tertiary/aromatic N) is 4. The summed E-state index contributed by atoms with van der Waals surface area (Å²) in [7, 11) is -0.396. The van der Waals surface area contributed by atoms with Crippen molar-refractivity contribution in [1.82, 2.24) is 4.98 Å². The third-order valence-electron chi connectivity index (χ3n) is 5.18. The molecule has 0 unspecified atom stereocenters. The van der Waals surface area contributed by atoms with E-state index < -0.39 is 14.9 Å². The minimum Gasteiger partial charge on any atom is -0.362 e. The Labute approximate surface area is 212 Å². The van der Waals surface area contributed by atoms with Gasteiger partial charge in [0, 0.05) is 31.9 Å². The number of hydrogen-bond donors (Lipinski definition) is 1. The van der Waals surface area contributed by atoms with Gasteiger partial charge in [0.05, 0.1) is 15.4 Å². The van der Waals surface area contributed by atoms with Gasteiger partial charge in [-0.2, -0.15) is 8.42 Å². The van der Waals surface area contributed by atoms with Gasteiger partial charge in [-0.3, -0.25) is 10.1 Å². The van der Waals surface area contributed by atoms with Gasteiger partial charge in [0.25, 0.3) is 15.7 Å². The number of aryl methyl sites for hydroxylation is 1. The van der Waals surface area contributed by atoms with Crippen molar-refractivity contribution in [2.24, 2.45) is 4.40 Å². The first-order valence-electron chi connectivity index (χ1n) is 10.8. The van der Waals surface area contributed by atoms with E-state index in [-0.39, 0.29) is 15.3 Å². The van der Waals surface area contributed by atoms with Gasteiger partial charge < -0.3 is 10.2 Å². The molecule has 36 heavy (non-hydrogen) atoms. The van der Waals surface area contributed by atoms with Crippen molar-refractivity contribution < 1.29 is 13.3 Å². The molecule has 184 valence electrons. The molecule has 0 spiro atoms. The normalized spacial score (nSPS) is 11.8. The number of nitro groups is 1. The van der Waals surface area contributed by atoms with E-state index in [1.807, 2.05) is 51.4 Å². The Balaban J connectivity index is 1.92. The Morgan fingerprint density at radius 1 is 0.972 bits per heavy atom. The average Bonchev–Trinajstić information content (AvgIpc) is 2.84. The molecule has 0 bridgehead atoms. The van der Waals surface area contributed by atoms with Crippen molar-refractivity contribution in [3.63, 3.8) is 0 Å². The predicted octanol–water partition coefficient (Wildman–Crippen LogP) is 5.13. The van der Waals surface area contributed by atoms with Crippen LogP contribution in [0.3, 0.4) is 0 Å². The highest BCUT2D eigenvalue weighted by atomic mass is 32.2. The van der Waals surface area contributed by atoms with Gasteiger partial charge in [0.2, 0.25) is 0 Å². The van der Waals surface area contributed by atoms with Crippen molar-refractivity contribution >= 4 is 43.7 Å². The van der Waals surface area contributed by atoms with Crippen LogP contribution >= 0.6 is 11.3 Å². The number of benzene rings is 3. The van der Waals surface area contributed by atoms with Gasteiger partial charge in [-0.25, -0.2) is 4.98 Å². The van der Waals surface area contributed by atoms with Crippen LogP contribution in [-0.4, -0.2) is 32.4 Å². The highest BCUT2D eigenvalue weighted by Gasteiger charge is 2.19.